The Labute approximate surface area is 95.5 Å². The molecule has 0 bridgehead atoms. The molecule has 0 aromatic carbocycles. The van der Waals surface area contributed by atoms with Crippen LogP contribution in [-0.4, -0.2) is 28.0 Å². The molecule has 0 aromatic rings. The zero-order valence-electron chi connectivity index (χ0n) is 9.12. The van der Waals surface area contributed by atoms with Crippen LogP contribution in [0.1, 0.15) is 46.0 Å². The van der Waals surface area contributed by atoms with Gasteiger partial charge in [0.1, 0.15) is 12.5 Å². The van der Waals surface area contributed by atoms with E-state index in [0.717, 1.165) is 13.0 Å². The highest BCUT2D eigenvalue weighted by Gasteiger charge is 2.23. The van der Waals surface area contributed by atoms with E-state index in [9.17, 15) is 0 Å². The van der Waals surface area contributed by atoms with Gasteiger partial charge in [-0.2, -0.15) is 5.10 Å². The molecule has 1 aliphatic heterocycles. The topological polar surface area (TPSA) is 18.8 Å². The van der Waals surface area contributed by atoms with E-state index in [4.69, 9.17) is 0 Å². The van der Waals surface area contributed by atoms with Gasteiger partial charge in [-0.25, -0.2) is 0 Å². The highest BCUT2D eigenvalue weighted by Crippen LogP contribution is 2.19. The predicted octanol–water partition coefficient (Wildman–Crippen LogP) is 3.17. The van der Waals surface area contributed by atoms with Crippen LogP contribution < -0.4 is 0 Å². The van der Waals surface area contributed by atoms with Crippen LogP contribution in [0, 0.1) is 0 Å². The van der Waals surface area contributed by atoms with Crippen LogP contribution in [0.4, 0.5) is 0 Å². The van der Waals surface area contributed by atoms with Crippen molar-refractivity contribution in [3.05, 3.63) is 0 Å². The first-order chi connectivity index (χ1) is 6.79. The van der Waals surface area contributed by atoms with Crippen molar-refractivity contribution in [2.75, 3.05) is 6.54 Å². The SMILES string of the molecule is CCCCCCN1N=CN(Br)C1CC. The second kappa shape index (κ2) is 6.27. The fourth-order valence-electron chi connectivity index (χ4n) is 1.69. The second-order valence-electron chi connectivity index (χ2n) is 3.69. The van der Waals surface area contributed by atoms with Gasteiger partial charge in [-0.05, 0) is 12.8 Å². The molecule has 4 heteroatoms. The number of hydrazone groups is 1. The van der Waals surface area contributed by atoms with Crippen LogP contribution in [0.5, 0.6) is 0 Å². The molecule has 1 atom stereocenters. The fourth-order valence-corrected chi connectivity index (χ4v) is 2.27. The lowest BCUT2D eigenvalue weighted by atomic mass is 10.2. The Morgan fingerprint density at radius 3 is 2.71 bits per heavy atom. The first-order valence-electron chi connectivity index (χ1n) is 5.54. The quantitative estimate of drug-likeness (QED) is 0.541. The molecular formula is C10H20BrN3. The van der Waals surface area contributed by atoms with Crippen molar-refractivity contribution in [3.8, 4) is 0 Å². The maximum absolute atomic E-state index is 4.35. The smallest absolute Gasteiger partial charge is 0.129 e. The van der Waals surface area contributed by atoms with E-state index in [0.29, 0.717) is 6.17 Å². The third kappa shape index (κ3) is 3.15. The molecule has 0 N–H and O–H groups in total. The van der Waals surface area contributed by atoms with E-state index in [1.54, 1.807) is 0 Å². The lowest BCUT2D eigenvalue weighted by Gasteiger charge is -2.25. The molecule has 0 spiro atoms. The van der Waals surface area contributed by atoms with Gasteiger partial charge in [0.2, 0.25) is 0 Å². The molecule has 14 heavy (non-hydrogen) atoms. The first-order valence-corrected chi connectivity index (χ1v) is 6.25. The Kier molecular flexibility index (Phi) is 5.30. The molecule has 0 fully saturated rings. The molecule has 3 nitrogen and oxygen atoms in total. The highest BCUT2D eigenvalue weighted by molar-refractivity contribution is 9.07. The molecule has 1 unspecified atom stereocenters. The summed E-state index contributed by atoms with van der Waals surface area (Å²) in [5, 5.41) is 6.53. The summed E-state index contributed by atoms with van der Waals surface area (Å²) in [6.07, 6.45) is 8.57. The van der Waals surface area contributed by atoms with Crippen LogP contribution in [-0.2, 0) is 0 Å². The van der Waals surface area contributed by atoms with Crippen molar-refractivity contribution < 1.29 is 0 Å². The minimum atomic E-state index is 0.414. The van der Waals surface area contributed by atoms with E-state index in [2.05, 4.69) is 40.1 Å². The van der Waals surface area contributed by atoms with Gasteiger partial charge in [0, 0.05) is 6.54 Å². The van der Waals surface area contributed by atoms with Crippen LogP contribution in [0.2, 0.25) is 0 Å². The normalized spacial score (nSPS) is 20.9. The van der Waals surface area contributed by atoms with Gasteiger partial charge in [-0.3, -0.25) is 8.93 Å². The van der Waals surface area contributed by atoms with E-state index < -0.39 is 0 Å². The predicted molar refractivity (Wildman–Crippen MR) is 64.2 cm³/mol. The summed E-state index contributed by atoms with van der Waals surface area (Å²) in [6, 6.07) is 0. The Morgan fingerprint density at radius 2 is 2.07 bits per heavy atom. The van der Waals surface area contributed by atoms with Crippen LogP contribution in [0.3, 0.4) is 0 Å². The fraction of sp³-hybridized carbons (Fsp3) is 0.900. The number of rotatable bonds is 6. The number of unbranched alkanes of at least 4 members (excludes halogenated alkanes) is 3. The van der Waals surface area contributed by atoms with Gasteiger partial charge in [0.25, 0.3) is 0 Å². The summed E-state index contributed by atoms with van der Waals surface area (Å²) in [4.78, 5) is 0. The summed E-state index contributed by atoms with van der Waals surface area (Å²) in [6.45, 7) is 5.51. The number of hydrogen-bond donors (Lipinski definition) is 0. The summed E-state index contributed by atoms with van der Waals surface area (Å²) in [5.74, 6) is 0. The highest BCUT2D eigenvalue weighted by atomic mass is 79.9. The molecule has 82 valence electrons. The Bertz CT molecular complexity index is 184. The molecule has 0 aromatic heterocycles. The lowest BCUT2D eigenvalue weighted by Crippen LogP contribution is -2.34. The summed E-state index contributed by atoms with van der Waals surface area (Å²) in [7, 11) is 0. The molecular weight excluding hydrogens is 242 g/mol. The van der Waals surface area contributed by atoms with Gasteiger partial charge in [0.05, 0.1) is 16.1 Å². The van der Waals surface area contributed by atoms with Crippen molar-refractivity contribution >= 4 is 22.5 Å². The van der Waals surface area contributed by atoms with Crippen LogP contribution in [0.25, 0.3) is 0 Å². The summed E-state index contributed by atoms with van der Waals surface area (Å²) < 4.78 is 2.01. The minimum absolute atomic E-state index is 0.414. The number of halogens is 1. The van der Waals surface area contributed by atoms with Gasteiger partial charge < -0.3 is 0 Å². The third-order valence-corrected chi connectivity index (χ3v) is 3.20. The average Bonchev–Trinajstić information content (AvgIpc) is 2.54. The van der Waals surface area contributed by atoms with Crippen LogP contribution >= 0.6 is 16.1 Å². The van der Waals surface area contributed by atoms with Crippen LogP contribution in [0.15, 0.2) is 5.10 Å². The molecule has 0 saturated heterocycles. The Morgan fingerprint density at radius 1 is 1.29 bits per heavy atom. The maximum atomic E-state index is 4.35. The molecule has 1 rings (SSSR count). The van der Waals surface area contributed by atoms with E-state index in [-0.39, 0.29) is 0 Å². The Hall–Kier alpha value is -0.250. The monoisotopic (exact) mass is 261 g/mol. The molecule has 0 saturated carbocycles. The van der Waals surface area contributed by atoms with Crippen molar-refractivity contribution in [1.82, 2.24) is 8.93 Å². The second-order valence-corrected chi connectivity index (χ2v) is 4.51. The van der Waals surface area contributed by atoms with Crippen molar-refractivity contribution in [3.63, 3.8) is 0 Å². The van der Waals surface area contributed by atoms with Gasteiger partial charge in [-0.1, -0.05) is 33.1 Å². The third-order valence-electron chi connectivity index (χ3n) is 2.54. The lowest BCUT2D eigenvalue weighted by molar-refractivity contribution is 0.174. The largest absolute Gasteiger partial charge is 0.274 e. The first kappa shape index (κ1) is 11.8. The van der Waals surface area contributed by atoms with Crippen molar-refractivity contribution in [2.24, 2.45) is 5.10 Å². The van der Waals surface area contributed by atoms with Crippen molar-refractivity contribution in [2.45, 2.75) is 52.1 Å². The van der Waals surface area contributed by atoms with Crippen molar-refractivity contribution in [1.29, 1.82) is 0 Å². The zero-order chi connectivity index (χ0) is 10.4. The number of nitrogens with zero attached hydrogens (tertiary/aromatic N) is 3. The van der Waals surface area contributed by atoms with E-state index in [1.807, 2.05) is 10.3 Å². The van der Waals surface area contributed by atoms with Gasteiger partial charge >= 0.3 is 0 Å². The standard InChI is InChI=1S/C10H20BrN3/c1-3-5-6-7-8-14-10(4-2)13(11)9-12-14/h9-10H,3-8H2,1-2H3. The number of hydrogen-bond acceptors (Lipinski definition) is 3. The molecule has 1 aliphatic rings. The average molecular weight is 262 g/mol. The molecule has 0 radical (unpaired) electrons. The summed E-state index contributed by atoms with van der Waals surface area (Å²) >= 11 is 3.47. The minimum Gasteiger partial charge on any atom is -0.274 e. The molecule has 1 heterocycles. The maximum Gasteiger partial charge on any atom is 0.129 e. The zero-order valence-corrected chi connectivity index (χ0v) is 10.7. The Balaban J connectivity index is 2.20. The molecule has 0 aliphatic carbocycles. The molecule has 0 amide bonds. The van der Waals surface area contributed by atoms with E-state index in [1.165, 1.54) is 25.7 Å². The van der Waals surface area contributed by atoms with Gasteiger partial charge in [-0.15, -0.1) is 0 Å². The van der Waals surface area contributed by atoms with E-state index >= 15 is 0 Å². The van der Waals surface area contributed by atoms with Gasteiger partial charge in [0.15, 0.2) is 0 Å². The summed E-state index contributed by atoms with van der Waals surface area (Å²) in [5.41, 5.74) is 0.